The summed E-state index contributed by atoms with van der Waals surface area (Å²) < 4.78 is 17.2. The third kappa shape index (κ3) is 3.52. The molecule has 1 aromatic carbocycles. The van der Waals surface area contributed by atoms with E-state index < -0.39 is 6.67 Å². The molecule has 0 aliphatic carbocycles. The van der Waals surface area contributed by atoms with Crippen molar-refractivity contribution in [2.45, 2.75) is 13.0 Å². The third-order valence-electron chi connectivity index (χ3n) is 1.83. The lowest BCUT2D eigenvalue weighted by Crippen LogP contribution is -2.05. The highest BCUT2D eigenvalue weighted by molar-refractivity contribution is 6.35. The molecule has 15 heavy (non-hydrogen) atoms. The van der Waals surface area contributed by atoms with Gasteiger partial charge in [0.1, 0.15) is 5.75 Å². The molecule has 0 heterocycles. The highest BCUT2D eigenvalue weighted by atomic mass is 35.5. The molecule has 0 aliphatic heterocycles. The van der Waals surface area contributed by atoms with Crippen LogP contribution in [0.1, 0.15) is 12.0 Å². The summed E-state index contributed by atoms with van der Waals surface area (Å²) in [5, 5.41) is 0.917. The number of hydrogen-bond acceptors (Lipinski definition) is 2. The molecule has 0 radical (unpaired) electrons. The molecule has 0 bridgehead atoms. The van der Waals surface area contributed by atoms with Crippen LogP contribution < -0.4 is 10.5 Å². The van der Waals surface area contributed by atoms with Gasteiger partial charge in [0.25, 0.3) is 0 Å². The molecule has 0 saturated carbocycles. The maximum Gasteiger partial charge on any atom is 0.142 e. The predicted molar refractivity (Wildman–Crippen MR) is 60.4 cm³/mol. The average Bonchev–Trinajstić information content (AvgIpc) is 2.20. The predicted octanol–water partition coefficient (Wildman–Crippen LogP) is 3.19. The minimum atomic E-state index is -0.414. The van der Waals surface area contributed by atoms with Crippen LogP contribution in [0.15, 0.2) is 12.1 Å². The van der Waals surface area contributed by atoms with Crippen molar-refractivity contribution in [1.29, 1.82) is 0 Å². The van der Waals surface area contributed by atoms with Crippen molar-refractivity contribution in [3.05, 3.63) is 27.7 Å². The zero-order valence-corrected chi connectivity index (χ0v) is 9.61. The second kappa shape index (κ2) is 6.16. The van der Waals surface area contributed by atoms with Crippen LogP contribution in [0.25, 0.3) is 0 Å². The van der Waals surface area contributed by atoms with Crippen LogP contribution in [0.5, 0.6) is 5.75 Å². The van der Waals surface area contributed by atoms with Crippen molar-refractivity contribution in [3.63, 3.8) is 0 Å². The first-order chi connectivity index (χ1) is 7.19. The van der Waals surface area contributed by atoms with Crippen LogP contribution in [-0.2, 0) is 6.54 Å². The van der Waals surface area contributed by atoms with E-state index in [2.05, 4.69) is 0 Å². The van der Waals surface area contributed by atoms with E-state index in [9.17, 15) is 4.39 Å². The number of hydrogen-bond donors (Lipinski definition) is 1. The molecule has 0 atom stereocenters. The minimum Gasteiger partial charge on any atom is -0.492 e. The zero-order chi connectivity index (χ0) is 11.3. The summed E-state index contributed by atoms with van der Waals surface area (Å²) in [5.74, 6) is 0.497. The van der Waals surface area contributed by atoms with Gasteiger partial charge in [-0.3, -0.25) is 4.39 Å². The summed E-state index contributed by atoms with van der Waals surface area (Å²) >= 11 is 11.7. The van der Waals surface area contributed by atoms with Crippen LogP contribution in [0, 0.1) is 0 Å². The summed E-state index contributed by atoms with van der Waals surface area (Å²) in [4.78, 5) is 0. The van der Waals surface area contributed by atoms with Crippen LogP contribution in [0.2, 0.25) is 10.0 Å². The van der Waals surface area contributed by atoms with Gasteiger partial charge in [0, 0.05) is 23.6 Å². The van der Waals surface area contributed by atoms with E-state index in [4.69, 9.17) is 33.7 Å². The highest BCUT2D eigenvalue weighted by Crippen LogP contribution is 2.32. The summed E-state index contributed by atoms with van der Waals surface area (Å²) in [6, 6.07) is 3.27. The molecule has 0 spiro atoms. The Bertz CT molecular complexity index is 333. The molecule has 0 amide bonds. The molecule has 0 fully saturated rings. The number of rotatable bonds is 5. The molecule has 5 heteroatoms. The Labute approximate surface area is 98.1 Å². The molecule has 0 saturated heterocycles. The first kappa shape index (κ1) is 12.6. The molecular formula is C10H12Cl2FNO. The normalized spacial score (nSPS) is 10.4. The lowest BCUT2D eigenvalue weighted by atomic mass is 10.2. The summed E-state index contributed by atoms with van der Waals surface area (Å²) in [6.45, 7) is 0.152. The molecular weight excluding hydrogens is 240 g/mol. The number of ether oxygens (including phenoxy) is 1. The smallest absolute Gasteiger partial charge is 0.142 e. The minimum absolute atomic E-state index is 0.283. The lowest BCUT2D eigenvalue weighted by Gasteiger charge is -2.12. The van der Waals surface area contributed by atoms with Gasteiger partial charge in [0.2, 0.25) is 0 Å². The van der Waals surface area contributed by atoms with Gasteiger partial charge in [-0.2, -0.15) is 0 Å². The van der Waals surface area contributed by atoms with Gasteiger partial charge >= 0.3 is 0 Å². The molecule has 0 aromatic heterocycles. The summed E-state index contributed by atoms with van der Waals surface area (Å²) in [6.07, 6.45) is 0.336. The largest absolute Gasteiger partial charge is 0.492 e. The van der Waals surface area contributed by atoms with Crippen molar-refractivity contribution in [2.75, 3.05) is 13.3 Å². The highest BCUT2D eigenvalue weighted by Gasteiger charge is 2.09. The first-order valence-corrected chi connectivity index (χ1v) is 5.31. The first-order valence-electron chi connectivity index (χ1n) is 4.55. The van der Waals surface area contributed by atoms with Crippen LogP contribution in [0.3, 0.4) is 0 Å². The fourth-order valence-electron chi connectivity index (χ4n) is 1.16. The Morgan fingerprint density at radius 2 is 2.07 bits per heavy atom. The van der Waals surface area contributed by atoms with Crippen molar-refractivity contribution in [2.24, 2.45) is 5.73 Å². The Morgan fingerprint density at radius 1 is 1.33 bits per heavy atom. The fraction of sp³-hybridized carbons (Fsp3) is 0.400. The quantitative estimate of drug-likeness (QED) is 0.817. The van der Waals surface area contributed by atoms with E-state index in [-0.39, 0.29) is 13.2 Å². The maximum atomic E-state index is 11.9. The van der Waals surface area contributed by atoms with Gasteiger partial charge in [-0.15, -0.1) is 0 Å². The van der Waals surface area contributed by atoms with Gasteiger partial charge in [0.15, 0.2) is 0 Å². The van der Waals surface area contributed by atoms with E-state index in [0.29, 0.717) is 22.2 Å². The van der Waals surface area contributed by atoms with Crippen LogP contribution >= 0.6 is 23.2 Å². The lowest BCUT2D eigenvalue weighted by molar-refractivity contribution is 0.287. The maximum absolute atomic E-state index is 11.9. The van der Waals surface area contributed by atoms with Crippen molar-refractivity contribution in [3.8, 4) is 5.75 Å². The monoisotopic (exact) mass is 251 g/mol. The number of benzene rings is 1. The molecule has 84 valence electrons. The zero-order valence-electron chi connectivity index (χ0n) is 8.10. The van der Waals surface area contributed by atoms with Crippen molar-refractivity contribution < 1.29 is 9.13 Å². The van der Waals surface area contributed by atoms with Gasteiger partial charge in [-0.1, -0.05) is 23.2 Å². The van der Waals surface area contributed by atoms with Crippen LogP contribution in [-0.4, -0.2) is 13.3 Å². The van der Waals surface area contributed by atoms with E-state index in [1.165, 1.54) is 0 Å². The number of nitrogens with two attached hydrogens (primary N) is 1. The van der Waals surface area contributed by atoms with Gasteiger partial charge in [-0.05, 0) is 12.1 Å². The summed E-state index contributed by atoms with van der Waals surface area (Å²) in [5.41, 5.74) is 6.25. The fourth-order valence-corrected chi connectivity index (χ4v) is 1.75. The summed E-state index contributed by atoms with van der Waals surface area (Å²) in [7, 11) is 0. The Morgan fingerprint density at radius 3 is 2.67 bits per heavy atom. The van der Waals surface area contributed by atoms with E-state index in [1.807, 2.05) is 0 Å². The van der Waals surface area contributed by atoms with Gasteiger partial charge in [0.05, 0.1) is 18.3 Å². The van der Waals surface area contributed by atoms with Gasteiger partial charge < -0.3 is 10.5 Å². The SMILES string of the molecule is NCc1cc(Cl)cc(Cl)c1OCCCF. The third-order valence-corrected chi connectivity index (χ3v) is 2.33. The van der Waals surface area contributed by atoms with Crippen LogP contribution in [0.4, 0.5) is 4.39 Å². The van der Waals surface area contributed by atoms with Crippen molar-refractivity contribution >= 4 is 23.2 Å². The standard InChI is InChI=1S/C10H12Cl2FNO/c11-8-4-7(6-14)10(9(12)5-8)15-3-1-2-13/h4-5H,1-3,6,14H2. The Balaban J connectivity index is 2.84. The molecule has 1 aromatic rings. The molecule has 0 aliphatic rings. The average molecular weight is 252 g/mol. The number of alkyl halides is 1. The molecule has 0 unspecified atom stereocenters. The van der Waals surface area contributed by atoms with E-state index in [0.717, 1.165) is 5.56 Å². The van der Waals surface area contributed by atoms with E-state index >= 15 is 0 Å². The van der Waals surface area contributed by atoms with Crippen molar-refractivity contribution in [1.82, 2.24) is 0 Å². The Kier molecular flexibility index (Phi) is 5.15. The molecule has 2 N–H and O–H groups in total. The Hall–Kier alpha value is -0.510. The molecule has 2 nitrogen and oxygen atoms in total. The molecule has 1 rings (SSSR count). The van der Waals surface area contributed by atoms with Gasteiger partial charge in [-0.25, -0.2) is 0 Å². The second-order valence-corrected chi connectivity index (χ2v) is 3.81. The second-order valence-electron chi connectivity index (χ2n) is 2.97. The number of halogens is 3. The van der Waals surface area contributed by atoms with E-state index in [1.54, 1.807) is 12.1 Å². The topological polar surface area (TPSA) is 35.2 Å².